The highest BCUT2D eigenvalue weighted by atomic mass is 19.3. The summed E-state index contributed by atoms with van der Waals surface area (Å²) >= 11 is 0. The number of halogens is 2. The van der Waals surface area contributed by atoms with E-state index < -0.39 is 37.2 Å². The van der Waals surface area contributed by atoms with Crippen LogP contribution in [0.4, 0.5) is 13.6 Å². The molecule has 0 heterocycles. The lowest BCUT2D eigenvalue weighted by Crippen LogP contribution is -2.41. The van der Waals surface area contributed by atoms with E-state index in [0.29, 0.717) is 0 Å². The fourth-order valence-electron chi connectivity index (χ4n) is 0.868. The van der Waals surface area contributed by atoms with Crippen LogP contribution in [0.15, 0.2) is 0 Å². The van der Waals surface area contributed by atoms with E-state index in [1.54, 1.807) is 20.8 Å². The van der Waals surface area contributed by atoms with Crippen LogP contribution in [0, 0.1) is 0 Å². The van der Waals surface area contributed by atoms with E-state index >= 15 is 0 Å². The van der Waals surface area contributed by atoms with Gasteiger partial charge in [-0.05, 0) is 20.8 Å². The van der Waals surface area contributed by atoms with E-state index in [4.69, 9.17) is 9.84 Å². The SMILES string of the molecule is CC(C)(C)OC(=O)NC(CO)CC(F)F. The molecule has 0 aliphatic carbocycles. The summed E-state index contributed by atoms with van der Waals surface area (Å²) in [5.74, 6) is 0. The van der Waals surface area contributed by atoms with E-state index in [-0.39, 0.29) is 0 Å². The van der Waals surface area contributed by atoms with Crippen molar-refractivity contribution in [3.05, 3.63) is 0 Å². The van der Waals surface area contributed by atoms with Crippen molar-refractivity contribution in [2.45, 2.75) is 45.3 Å². The Bertz CT molecular complexity index is 204. The number of aliphatic hydroxyl groups excluding tert-OH is 1. The highest BCUT2D eigenvalue weighted by Gasteiger charge is 2.21. The molecule has 0 aliphatic rings. The molecular formula is C9H17F2NO3. The lowest BCUT2D eigenvalue weighted by molar-refractivity contribution is 0.0434. The van der Waals surface area contributed by atoms with Crippen molar-refractivity contribution < 1.29 is 23.4 Å². The number of ether oxygens (including phenoxy) is 1. The van der Waals surface area contributed by atoms with Gasteiger partial charge < -0.3 is 15.2 Å². The van der Waals surface area contributed by atoms with Gasteiger partial charge in [0.05, 0.1) is 12.6 Å². The first kappa shape index (κ1) is 14.1. The molecular weight excluding hydrogens is 208 g/mol. The van der Waals surface area contributed by atoms with E-state index in [1.165, 1.54) is 0 Å². The second kappa shape index (κ2) is 5.85. The van der Waals surface area contributed by atoms with Gasteiger partial charge in [-0.3, -0.25) is 0 Å². The monoisotopic (exact) mass is 225 g/mol. The Balaban J connectivity index is 4.02. The van der Waals surface area contributed by atoms with Gasteiger partial charge in [0.2, 0.25) is 6.43 Å². The van der Waals surface area contributed by atoms with Gasteiger partial charge in [0, 0.05) is 6.42 Å². The Kier molecular flexibility index (Phi) is 5.49. The predicted molar refractivity (Wildman–Crippen MR) is 50.9 cm³/mol. The summed E-state index contributed by atoms with van der Waals surface area (Å²) in [5.41, 5.74) is -0.686. The Hall–Kier alpha value is -0.910. The van der Waals surface area contributed by atoms with E-state index in [2.05, 4.69) is 5.32 Å². The van der Waals surface area contributed by atoms with Gasteiger partial charge in [-0.25, -0.2) is 13.6 Å². The summed E-state index contributed by atoms with van der Waals surface area (Å²) in [7, 11) is 0. The van der Waals surface area contributed by atoms with Crippen molar-refractivity contribution >= 4 is 6.09 Å². The molecule has 0 aliphatic heterocycles. The number of aliphatic hydroxyl groups is 1. The Labute approximate surface area is 87.6 Å². The number of hydrogen-bond donors (Lipinski definition) is 2. The van der Waals surface area contributed by atoms with Crippen LogP contribution >= 0.6 is 0 Å². The van der Waals surface area contributed by atoms with Crippen LogP contribution in [0.25, 0.3) is 0 Å². The maximum atomic E-state index is 12.0. The molecule has 1 atom stereocenters. The summed E-state index contributed by atoms with van der Waals surface area (Å²) in [4.78, 5) is 11.1. The summed E-state index contributed by atoms with van der Waals surface area (Å²) in [6.45, 7) is 4.44. The molecule has 0 spiro atoms. The maximum absolute atomic E-state index is 12.0. The molecule has 15 heavy (non-hydrogen) atoms. The molecule has 1 unspecified atom stereocenters. The Morgan fingerprint density at radius 1 is 1.47 bits per heavy atom. The topological polar surface area (TPSA) is 58.6 Å². The van der Waals surface area contributed by atoms with E-state index in [9.17, 15) is 13.6 Å². The van der Waals surface area contributed by atoms with Crippen LogP contribution in [-0.4, -0.2) is 35.9 Å². The van der Waals surface area contributed by atoms with Crippen molar-refractivity contribution in [2.75, 3.05) is 6.61 Å². The van der Waals surface area contributed by atoms with Gasteiger partial charge >= 0.3 is 6.09 Å². The minimum Gasteiger partial charge on any atom is -0.444 e. The van der Waals surface area contributed by atoms with Gasteiger partial charge in [0.15, 0.2) is 0 Å². The predicted octanol–water partition coefficient (Wildman–Crippen LogP) is 1.53. The fourth-order valence-corrected chi connectivity index (χ4v) is 0.868. The summed E-state index contributed by atoms with van der Waals surface area (Å²) in [5, 5.41) is 10.9. The van der Waals surface area contributed by atoms with Crippen LogP contribution in [0.2, 0.25) is 0 Å². The second-order valence-corrected chi connectivity index (χ2v) is 4.15. The van der Waals surface area contributed by atoms with E-state index in [1.807, 2.05) is 0 Å². The highest BCUT2D eigenvalue weighted by Crippen LogP contribution is 2.08. The molecule has 0 aromatic heterocycles. The molecule has 1 amide bonds. The third kappa shape index (κ3) is 8.11. The minimum absolute atomic E-state index is 0.538. The molecule has 0 radical (unpaired) electrons. The average Bonchev–Trinajstić information content (AvgIpc) is 1.98. The van der Waals surface area contributed by atoms with Crippen LogP contribution < -0.4 is 5.32 Å². The van der Waals surface area contributed by atoms with Crippen LogP contribution in [0.5, 0.6) is 0 Å². The first-order valence-corrected chi connectivity index (χ1v) is 4.63. The maximum Gasteiger partial charge on any atom is 0.407 e. The number of nitrogens with one attached hydrogen (secondary N) is 1. The number of alkyl carbamates (subject to hydrolysis) is 1. The molecule has 0 bridgehead atoms. The van der Waals surface area contributed by atoms with Crippen LogP contribution in [0.1, 0.15) is 27.2 Å². The molecule has 0 aromatic carbocycles. The largest absolute Gasteiger partial charge is 0.444 e. The minimum atomic E-state index is -2.57. The third-order valence-electron chi connectivity index (χ3n) is 1.40. The number of alkyl halides is 2. The van der Waals surface area contributed by atoms with Crippen LogP contribution in [0.3, 0.4) is 0 Å². The van der Waals surface area contributed by atoms with Gasteiger partial charge in [-0.15, -0.1) is 0 Å². The molecule has 0 aromatic rings. The van der Waals surface area contributed by atoms with Crippen molar-refractivity contribution in [3.63, 3.8) is 0 Å². The Morgan fingerprint density at radius 2 is 2.00 bits per heavy atom. The lowest BCUT2D eigenvalue weighted by Gasteiger charge is -2.22. The number of rotatable bonds is 4. The zero-order valence-corrected chi connectivity index (χ0v) is 9.09. The normalized spacial score (nSPS) is 13.8. The van der Waals surface area contributed by atoms with Crippen molar-refractivity contribution in [1.29, 1.82) is 0 Å². The lowest BCUT2D eigenvalue weighted by atomic mass is 10.2. The summed E-state index contributed by atoms with van der Waals surface area (Å²) in [6.07, 6.45) is -3.96. The number of hydrogen-bond acceptors (Lipinski definition) is 3. The van der Waals surface area contributed by atoms with E-state index in [0.717, 1.165) is 0 Å². The summed E-state index contributed by atoms with van der Waals surface area (Å²) in [6, 6.07) is -0.972. The second-order valence-electron chi connectivity index (χ2n) is 4.15. The van der Waals surface area contributed by atoms with Crippen LogP contribution in [-0.2, 0) is 4.74 Å². The number of carbonyl (C=O) groups is 1. The smallest absolute Gasteiger partial charge is 0.407 e. The van der Waals surface area contributed by atoms with Crippen molar-refractivity contribution in [3.8, 4) is 0 Å². The molecule has 0 rings (SSSR count). The van der Waals surface area contributed by atoms with Crippen molar-refractivity contribution in [1.82, 2.24) is 5.32 Å². The molecule has 4 nitrogen and oxygen atoms in total. The highest BCUT2D eigenvalue weighted by molar-refractivity contribution is 5.68. The zero-order valence-electron chi connectivity index (χ0n) is 9.09. The first-order chi connectivity index (χ1) is 6.74. The fraction of sp³-hybridized carbons (Fsp3) is 0.889. The third-order valence-corrected chi connectivity index (χ3v) is 1.40. The number of carbonyl (C=O) groups excluding carboxylic acids is 1. The van der Waals surface area contributed by atoms with Crippen molar-refractivity contribution in [2.24, 2.45) is 0 Å². The molecule has 6 heteroatoms. The quantitative estimate of drug-likeness (QED) is 0.762. The first-order valence-electron chi connectivity index (χ1n) is 4.63. The molecule has 90 valence electrons. The summed E-state index contributed by atoms with van der Waals surface area (Å²) < 4.78 is 28.8. The molecule has 2 N–H and O–H groups in total. The molecule has 0 saturated carbocycles. The molecule has 0 fully saturated rings. The van der Waals surface area contributed by atoms with Gasteiger partial charge in [0.1, 0.15) is 5.60 Å². The number of amides is 1. The average molecular weight is 225 g/mol. The van der Waals surface area contributed by atoms with Gasteiger partial charge in [-0.2, -0.15) is 0 Å². The van der Waals surface area contributed by atoms with Gasteiger partial charge in [0.25, 0.3) is 0 Å². The zero-order chi connectivity index (χ0) is 12.1. The Morgan fingerprint density at radius 3 is 2.33 bits per heavy atom. The van der Waals surface area contributed by atoms with Gasteiger partial charge in [-0.1, -0.05) is 0 Å². The molecule has 0 saturated heterocycles. The standard InChI is InChI=1S/C9H17F2NO3/c1-9(2,3)15-8(14)12-6(5-13)4-7(10)11/h6-7,13H,4-5H2,1-3H3,(H,12,14).